The van der Waals surface area contributed by atoms with Gasteiger partial charge in [0.25, 0.3) is 0 Å². The second kappa shape index (κ2) is 6.22. The van der Waals surface area contributed by atoms with Crippen LogP contribution < -0.4 is 10.1 Å². The Balaban J connectivity index is 2.07. The van der Waals surface area contributed by atoms with Crippen LogP contribution in [0.1, 0.15) is 11.1 Å². The number of ether oxygens (including phenoxy) is 1. The van der Waals surface area contributed by atoms with Crippen molar-refractivity contribution >= 4 is 5.82 Å². The van der Waals surface area contributed by atoms with E-state index in [1.165, 1.54) is 0 Å². The topological polar surface area (TPSA) is 39.1 Å². The summed E-state index contributed by atoms with van der Waals surface area (Å²) in [6.07, 6.45) is 1.74. The molecule has 0 amide bonds. The number of aromatic nitrogens is 2. The van der Waals surface area contributed by atoms with Gasteiger partial charge in [-0.05, 0) is 24.6 Å². The van der Waals surface area contributed by atoms with Gasteiger partial charge in [0.1, 0.15) is 18.2 Å². The van der Waals surface area contributed by atoms with Crippen molar-refractivity contribution in [2.75, 3.05) is 19.1 Å². The van der Waals surface area contributed by atoms with Crippen LogP contribution in [-0.4, -0.2) is 23.6 Å². The molecule has 0 aliphatic heterocycles. The van der Waals surface area contributed by atoms with E-state index in [1.54, 1.807) is 18.0 Å². The van der Waals surface area contributed by atoms with E-state index in [9.17, 15) is 4.39 Å². The van der Waals surface area contributed by atoms with Gasteiger partial charge in [0.05, 0.1) is 19.9 Å². The Bertz CT molecular complexity index is 539. The van der Waals surface area contributed by atoms with Gasteiger partial charge < -0.3 is 10.1 Å². The van der Waals surface area contributed by atoms with E-state index < -0.39 is 6.67 Å². The lowest BCUT2D eigenvalue weighted by Crippen LogP contribution is -2.10. The summed E-state index contributed by atoms with van der Waals surface area (Å²) in [5.41, 5.74) is 2.11. The molecule has 2 rings (SSSR count). The maximum absolute atomic E-state index is 12.4. The van der Waals surface area contributed by atoms with Crippen molar-refractivity contribution in [2.45, 2.75) is 20.0 Å². The second-order valence-corrected chi connectivity index (χ2v) is 4.29. The Morgan fingerprint density at radius 1 is 1.42 bits per heavy atom. The van der Waals surface area contributed by atoms with Gasteiger partial charge in [-0.25, -0.2) is 9.07 Å². The van der Waals surface area contributed by atoms with Crippen molar-refractivity contribution in [2.24, 2.45) is 0 Å². The number of anilines is 1. The monoisotopic (exact) mass is 263 g/mol. The Hall–Kier alpha value is -2.04. The molecule has 0 aliphatic carbocycles. The Labute approximate surface area is 112 Å². The van der Waals surface area contributed by atoms with Crippen LogP contribution in [0.2, 0.25) is 0 Å². The van der Waals surface area contributed by atoms with Gasteiger partial charge in [0.15, 0.2) is 0 Å². The maximum atomic E-state index is 12.4. The minimum absolute atomic E-state index is 0.272. The number of halogens is 1. The first kappa shape index (κ1) is 13.4. The number of nitrogens with one attached hydrogen (secondary N) is 1. The molecule has 1 heterocycles. The van der Waals surface area contributed by atoms with Crippen molar-refractivity contribution in [3.63, 3.8) is 0 Å². The number of nitrogens with zero attached hydrogens (tertiary/aromatic N) is 2. The average molecular weight is 263 g/mol. The molecule has 0 fully saturated rings. The summed E-state index contributed by atoms with van der Waals surface area (Å²) in [5.74, 6) is 1.69. The van der Waals surface area contributed by atoms with Gasteiger partial charge in [0.2, 0.25) is 0 Å². The largest absolute Gasteiger partial charge is 0.497 e. The van der Waals surface area contributed by atoms with E-state index in [4.69, 9.17) is 4.74 Å². The third-order valence-electron chi connectivity index (χ3n) is 2.91. The number of hydrogen-bond donors (Lipinski definition) is 1. The predicted molar refractivity (Wildman–Crippen MR) is 73.3 cm³/mol. The first-order chi connectivity index (χ1) is 9.24. The van der Waals surface area contributed by atoms with Crippen LogP contribution in [0.25, 0.3) is 0 Å². The highest BCUT2D eigenvalue weighted by Gasteiger charge is 2.06. The quantitative estimate of drug-likeness (QED) is 0.871. The summed E-state index contributed by atoms with van der Waals surface area (Å²) in [7, 11) is 1.65. The summed E-state index contributed by atoms with van der Waals surface area (Å²) in [6.45, 7) is 2.45. The van der Waals surface area contributed by atoms with Gasteiger partial charge in [-0.3, -0.25) is 0 Å². The smallest absolute Gasteiger partial charge is 0.127 e. The Kier molecular flexibility index (Phi) is 4.39. The fourth-order valence-corrected chi connectivity index (χ4v) is 1.93. The highest BCUT2D eigenvalue weighted by atomic mass is 19.1. The molecule has 5 heteroatoms. The van der Waals surface area contributed by atoms with E-state index in [-0.39, 0.29) is 6.54 Å². The molecule has 1 aromatic heterocycles. The zero-order valence-electron chi connectivity index (χ0n) is 11.2. The summed E-state index contributed by atoms with van der Waals surface area (Å²) in [5, 5.41) is 7.43. The first-order valence-electron chi connectivity index (χ1n) is 6.19. The van der Waals surface area contributed by atoms with Crippen LogP contribution in [0.5, 0.6) is 5.75 Å². The summed E-state index contributed by atoms with van der Waals surface area (Å²) in [4.78, 5) is 0. The lowest BCUT2D eigenvalue weighted by molar-refractivity contribution is 0.414. The zero-order valence-corrected chi connectivity index (χ0v) is 11.2. The van der Waals surface area contributed by atoms with Crippen LogP contribution in [0.15, 0.2) is 30.5 Å². The molecule has 102 valence electrons. The van der Waals surface area contributed by atoms with Crippen LogP contribution in [-0.2, 0) is 13.1 Å². The zero-order chi connectivity index (χ0) is 13.7. The third kappa shape index (κ3) is 3.24. The van der Waals surface area contributed by atoms with Crippen molar-refractivity contribution in [3.8, 4) is 5.75 Å². The minimum Gasteiger partial charge on any atom is -0.497 e. The molecule has 0 atom stereocenters. The van der Waals surface area contributed by atoms with Gasteiger partial charge in [0, 0.05) is 12.1 Å². The predicted octanol–water partition coefficient (Wildman–Crippen LogP) is 2.78. The highest BCUT2D eigenvalue weighted by Crippen LogP contribution is 2.17. The highest BCUT2D eigenvalue weighted by molar-refractivity contribution is 5.44. The molecule has 0 unspecified atom stereocenters. The molecule has 4 nitrogen and oxygen atoms in total. The molecule has 0 spiro atoms. The average Bonchev–Trinajstić information content (AvgIpc) is 2.78. The number of rotatable bonds is 6. The molecule has 0 aliphatic rings. The van der Waals surface area contributed by atoms with Gasteiger partial charge >= 0.3 is 0 Å². The number of hydrogen-bond acceptors (Lipinski definition) is 3. The summed E-state index contributed by atoms with van der Waals surface area (Å²) >= 11 is 0. The number of benzene rings is 1. The molecule has 0 saturated carbocycles. The van der Waals surface area contributed by atoms with E-state index in [0.717, 1.165) is 22.7 Å². The third-order valence-corrected chi connectivity index (χ3v) is 2.91. The van der Waals surface area contributed by atoms with Gasteiger partial charge in [-0.1, -0.05) is 12.1 Å². The molecule has 0 radical (unpaired) electrons. The Morgan fingerprint density at radius 3 is 3.00 bits per heavy atom. The second-order valence-electron chi connectivity index (χ2n) is 4.29. The molecule has 2 aromatic rings. The van der Waals surface area contributed by atoms with Crippen molar-refractivity contribution in [1.82, 2.24) is 9.78 Å². The fourth-order valence-electron chi connectivity index (χ4n) is 1.93. The van der Waals surface area contributed by atoms with Crippen LogP contribution in [0, 0.1) is 6.92 Å². The van der Waals surface area contributed by atoms with Gasteiger partial charge in [-0.2, -0.15) is 5.10 Å². The molecule has 19 heavy (non-hydrogen) atoms. The van der Waals surface area contributed by atoms with E-state index in [1.807, 2.05) is 31.2 Å². The lowest BCUT2D eigenvalue weighted by atomic mass is 10.2. The van der Waals surface area contributed by atoms with Crippen molar-refractivity contribution in [3.05, 3.63) is 41.6 Å². The van der Waals surface area contributed by atoms with Crippen molar-refractivity contribution < 1.29 is 9.13 Å². The SMILES string of the molecule is COc1cccc(CNc2c(C)cnn2CCF)c1. The number of alkyl halides is 1. The molecule has 1 N–H and O–H groups in total. The van der Waals surface area contributed by atoms with E-state index >= 15 is 0 Å². The molecule has 0 bridgehead atoms. The normalized spacial score (nSPS) is 10.5. The molecule has 0 saturated heterocycles. The first-order valence-corrected chi connectivity index (χ1v) is 6.19. The number of methoxy groups -OCH3 is 1. The van der Waals surface area contributed by atoms with Crippen molar-refractivity contribution in [1.29, 1.82) is 0 Å². The maximum Gasteiger partial charge on any atom is 0.127 e. The summed E-state index contributed by atoms with van der Waals surface area (Å²) < 4.78 is 19.3. The lowest BCUT2D eigenvalue weighted by Gasteiger charge is -2.10. The molecular weight excluding hydrogens is 245 g/mol. The summed E-state index contributed by atoms with van der Waals surface area (Å²) in [6, 6.07) is 7.84. The van der Waals surface area contributed by atoms with Crippen LogP contribution >= 0.6 is 0 Å². The van der Waals surface area contributed by atoms with Gasteiger partial charge in [-0.15, -0.1) is 0 Å². The number of aryl methyl sites for hydroxylation is 2. The molecule has 1 aromatic carbocycles. The fraction of sp³-hybridized carbons (Fsp3) is 0.357. The van der Waals surface area contributed by atoms with Crippen LogP contribution in [0.4, 0.5) is 10.2 Å². The Morgan fingerprint density at radius 2 is 2.26 bits per heavy atom. The minimum atomic E-state index is -0.422. The van der Waals surface area contributed by atoms with Crippen LogP contribution in [0.3, 0.4) is 0 Å². The van der Waals surface area contributed by atoms with E-state index in [2.05, 4.69) is 10.4 Å². The van der Waals surface area contributed by atoms with E-state index in [0.29, 0.717) is 6.54 Å². The standard InChI is InChI=1S/C14H18FN3O/c1-11-9-17-18(7-6-15)14(11)16-10-12-4-3-5-13(8-12)19-2/h3-5,8-9,16H,6-7,10H2,1-2H3. The molecular formula is C14H18FN3O.